The zero-order valence-electron chi connectivity index (χ0n) is 71.8. The molecule has 0 aliphatic carbocycles. The predicted molar refractivity (Wildman–Crippen MR) is 448 cm³/mol. The first-order valence-corrected chi connectivity index (χ1v) is 39.7. The Morgan fingerprint density at radius 1 is 0.538 bits per heavy atom. The van der Waals surface area contributed by atoms with Gasteiger partial charge >= 0.3 is 151 Å². The number of amides is 6. The second-order valence-electron chi connectivity index (χ2n) is 29.3. The first-order valence-electron chi connectivity index (χ1n) is 37.4. The number of nitrogens with two attached hydrogens (primary N) is 6. The Hall–Kier alpha value is -5.75. The fourth-order valence-electron chi connectivity index (χ4n) is 12.1. The SMILES string of the molecule is CC(C)(C)OC(=O)NC1CCN(c2cc(F)c(C#N)c(F)c2)CC1.CCOc1cc(N2CCC(N)CC2)cc2sc(C(N)=O)c(N)c12.CCOc1cc(N2CCC(NC(=O)OC(C)(C)C)CC2)cc(F)c1C#N.CCOc1cc(N2CCC(NC(=O)OC(C)(C)C)CC2)cc2sc(C(N)=O)c(N)c12.CC[O-].Cl.NC(=O)CS.O=CO[O-].[H-].[K+].[K+].[Na+]. The average molecular weight is 1810 g/mol. The molecule has 4 fully saturated rings. The molecule has 0 spiro atoms. The Morgan fingerprint density at radius 2 is 0.790 bits per heavy atom. The maximum absolute atomic E-state index is 14.2. The minimum atomic E-state index is -0.860. The Morgan fingerprint density at radius 3 is 1.04 bits per heavy atom. The third-order valence-electron chi connectivity index (χ3n) is 17.0. The average Bonchev–Trinajstić information content (AvgIpc) is 1.62. The molecule has 0 saturated carbocycles. The van der Waals surface area contributed by atoms with E-state index in [4.69, 9.17) is 82.8 Å². The number of halogens is 4. The molecule has 6 amide bonds. The number of thiol groups is 1. The first kappa shape index (κ1) is 113. The molecule has 4 aliphatic rings. The maximum atomic E-state index is 14.2. The van der Waals surface area contributed by atoms with Crippen LogP contribution >= 0.6 is 47.7 Å². The number of ether oxygens (including phenoxy) is 6. The van der Waals surface area contributed by atoms with Gasteiger partial charge in [0, 0.05) is 127 Å². The van der Waals surface area contributed by atoms with Crippen molar-refractivity contribution < 1.29 is 224 Å². The Balaban J connectivity index is 0. The summed E-state index contributed by atoms with van der Waals surface area (Å²) in [6.07, 6.45) is 5.04. The number of primary amides is 3. The number of rotatable bonds is 17. The summed E-state index contributed by atoms with van der Waals surface area (Å²) in [4.78, 5) is 88.8. The summed E-state index contributed by atoms with van der Waals surface area (Å²) in [6.45, 7) is 30.6. The number of nitrogens with one attached hydrogen (secondary N) is 3. The number of hydrogen-bond acceptors (Lipinski definition) is 28. The van der Waals surface area contributed by atoms with Gasteiger partial charge in [0.1, 0.15) is 84.5 Å². The molecular weight excluding hydrogens is 1690 g/mol. The van der Waals surface area contributed by atoms with Crippen LogP contribution in [0.5, 0.6) is 17.2 Å². The summed E-state index contributed by atoms with van der Waals surface area (Å²) in [7, 11) is 0. The third kappa shape index (κ3) is 38.1. The molecule has 0 atom stereocenters. The van der Waals surface area contributed by atoms with Crippen LogP contribution in [-0.2, 0) is 28.7 Å². The van der Waals surface area contributed by atoms with Crippen molar-refractivity contribution in [2.45, 2.75) is 182 Å². The Kier molecular flexibility index (Phi) is 52.8. The van der Waals surface area contributed by atoms with E-state index in [2.05, 4.69) is 55.1 Å². The summed E-state index contributed by atoms with van der Waals surface area (Å²) in [5, 5.41) is 45.3. The van der Waals surface area contributed by atoms with Gasteiger partial charge in [0.05, 0.1) is 47.7 Å². The largest absolute Gasteiger partial charge is 1.00 e. The molecule has 0 unspecified atom stereocenters. The molecule has 31 nitrogen and oxygen atoms in total. The minimum absolute atomic E-state index is 0. The van der Waals surface area contributed by atoms with E-state index in [0.717, 1.165) is 96.3 Å². The van der Waals surface area contributed by atoms with Gasteiger partial charge in [0.2, 0.25) is 5.91 Å². The summed E-state index contributed by atoms with van der Waals surface area (Å²) < 4.78 is 76.2. The van der Waals surface area contributed by atoms with Gasteiger partial charge in [-0.3, -0.25) is 19.2 Å². The number of hydrogen-bond donors (Lipinski definition) is 10. The molecule has 2 aromatic heterocycles. The molecule has 0 radical (unpaired) electrons. The number of carbonyl (C=O) groups is 7. The van der Waals surface area contributed by atoms with Crippen LogP contribution in [0.2, 0.25) is 0 Å². The zero-order valence-corrected chi connectivity index (χ0v) is 82.4. The van der Waals surface area contributed by atoms with E-state index in [1.165, 1.54) is 46.9 Å². The number of nitrogens with zero attached hydrogens (tertiary/aromatic N) is 6. The topological polar surface area (TPSA) is 483 Å². The molecule has 4 saturated heterocycles. The number of benzene rings is 4. The van der Waals surface area contributed by atoms with Gasteiger partial charge < -0.3 is 115 Å². The van der Waals surface area contributed by atoms with Crippen LogP contribution in [0.15, 0.2) is 48.5 Å². The van der Waals surface area contributed by atoms with Crippen molar-refractivity contribution in [3.8, 4) is 29.4 Å². The maximum Gasteiger partial charge on any atom is 1.00 e. The van der Waals surface area contributed by atoms with Gasteiger partial charge in [0.25, 0.3) is 18.3 Å². The monoisotopic (exact) mass is 1800 g/mol. The van der Waals surface area contributed by atoms with Crippen LogP contribution in [0.4, 0.5) is 61.7 Å². The smallest absolute Gasteiger partial charge is 1.00 e. The third-order valence-corrected chi connectivity index (χ3v) is 19.7. The number of nitriles is 2. The van der Waals surface area contributed by atoms with E-state index in [1.54, 1.807) is 40.7 Å². The Labute approximate surface area is 822 Å². The number of piperidine rings is 4. The molecule has 119 heavy (non-hydrogen) atoms. The van der Waals surface area contributed by atoms with Crippen molar-refractivity contribution in [2.24, 2.45) is 22.9 Å². The number of anilines is 6. The molecule has 4 aliphatic heterocycles. The van der Waals surface area contributed by atoms with Crippen molar-refractivity contribution >= 4 is 144 Å². The molecule has 0 bridgehead atoms. The van der Waals surface area contributed by atoms with E-state index >= 15 is 0 Å². The number of nitrogen functional groups attached to an aromatic ring is 2. The van der Waals surface area contributed by atoms with E-state index in [1.807, 2.05) is 89.5 Å². The molecular formula is C78H112ClF3K2N15NaO16S3. The van der Waals surface area contributed by atoms with Gasteiger partial charge in [-0.2, -0.15) is 23.2 Å². The van der Waals surface area contributed by atoms with Gasteiger partial charge in [-0.25, -0.2) is 27.6 Å². The van der Waals surface area contributed by atoms with E-state index < -0.39 is 63.8 Å². The fourth-order valence-corrected chi connectivity index (χ4v) is 14.1. The van der Waals surface area contributed by atoms with E-state index in [0.29, 0.717) is 103 Å². The summed E-state index contributed by atoms with van der Waals surface area (Å²) in [6, 6.07) is 17.1. The van der Waals surface area contributed by atoms with Gasteiger partial charge in [0.15, 0.2) is 0 Å². The fraction of sp³-hybridized carbons (Fsp3) is 0.526. The van der Waals surface area contributed by atoms with Gasteiger partial charge in [-0.1, -0.05) is 6.92 Å². The summed E-state index contributed by atoms with van der Waals surface area (Å²) in [5.41, 5.74) is 35.5. The Bertz CT molecular complexity index is 4320. The van der Waals surface area contributed by atoms with Crippen LogP contribution in [0.1, 0.15) is 173 Å². The van der Waals surface area contributed by atoms with E-state index in [9.17, 15) is 41.9 Å². The van der Waals surface area contributed by atoms with Crippen molar-refractivity contribution in [3.63, 3.8) is 0 Å². The van der Waals surface area contributed by atoms with E-state index in [-0.39, 0.29) is 212 Å². The van der Waals surface area contributed by atoms with Crippen molar-refractivity contribution in [1.82, 2.24) is 16.0 Å². The molecule has 15 N–H and O–H groups in total. The van der Waals surface area contributed by atoms with Crippen molar-refractivity contribution in [1.29, 1.82) is 10.5 Å². The number of alkyl carbamates (subject to hydrolysis) is 3. The molecule has 4 aromatic carbocycles. The first-order chi connectivity index (χ1) is 54.1. The van der Waals surface area contributed by atoms with Crippen molar-refractivity contribution in [3.05, 3.63) is 86.9 Å². The second-order valence-corrected chi connectivity index (χ2v) is 31.7. The molecule has 644 valence electrons. The normalized spacial score (nSPS) is 14.1. The van der Waals surface area contributed by atoms with Crippen LogP contribution in [0.25, 0.3) is 20.2 Å². The minimum Gasteiger partial charge on any atom is -1.00 e. The van der Waals surface area contributed by atoms with Crippen LogP contribution in [0, 0.1) is 40.1 Å². The van der Waals surface area contributed by atoms with Crippen molar-refractivity contribution in [2.75, 3.05) is 116 Å². The second kappa shape index (κ2) is 55.5. The van der Waals surface area contributed by atoms with Crippen LogP contribution < -0.4 is 227 Å². The zero-order chi connectivity index (χ0) is 86.2. The summed E-state index contributed by atoms with van der Waals surface area (Å²) in [5.74, 6) is -1.96. The molecule has 6 heterocycles. The molecule has 10 rings (SSSR count). The number of carbonyl (C=O) groups excluding carboxylic acids is 7. The van der Waals surface area contributed by atoms with Crippen LogP contribution in [-0.4, -0.2) is 168 Å². The molecule has 41 heteroatoms. The number of fused-ring (bicyclic) bond motifs is 2. The van der Waals surface area contributed by atoms with Gasteiger partial charge in [-0.05, 0) is 165 Å². The summed E-state index contributed by atoms with van der Waals surface area (Å²) >= 11 is 6.15. The standard InChI is InChI=1S/C21H30N4O4S.C19H26FN3O3.C17H21F2N3O2.C16H22N4O2S.C2H5NOS.C2H5O.CH2O3.ClH.2K.Na.H/c1-5-28-14-10-13(11-15-16(14)17(22)18(30-15)19(23)26)25-8-6-12(7-9-25)24-20(27)29-21(2,3)4;1-5-25-17-11-14(10-16(20)15(17)12-21)23-8-6-13(7-9-23)22-18(24)26-19(2,3)4;1-17(2,3)24-16(23)21-11-4-6-22(7-5-11)12-8-14(18)13(10-20)15(19)9-12;1-2-22-11-7-10(20-5-3-9(17)4-6-20)8-12-13(11)14(18)15(23-12)16(19)21;3-2(4)1-5;1-2-3;2-1-4-3;;;;;/h10-12H,5-9,22H2,1-4H3,(H2,23,26)(H,24,27);10-11,13H,5-9H2,1-4H3,(H,22,24);8-9,11H,4-7H2,1-3H3,(H,21,23);7-9H,2-6,17-18H2,1H3,(H2,19,21);5H,1H2,(H2,3,4);2H2,1H3;1,3H;1H;;;;/q;;;;;-1;;;3*+1;-1/p-1. The predicted octanol–water partition coefficient (Wildman–Crippen LogP) is 1.05. The number of thiophene rings is 2. The quantitative estimate of drug-likeness (QED) is 0.0152. The molecule has 6 aromatic rings. The van der Waals surface area contributed by atoms with Gasteiger partial charge in [-0.15, -0.1) is 41.7 Å². The van der Waals surface area contributed by atoms with Crippen LogP contribution in [0.3, 0.4) is 0 Å².